The van der Waals surface area contributed by atoms with Crippen molar-refractivity contribution in [1.82, 2.24) is 14.9 Å². The standard InChI is InChI=1S/C18H15ClF3N3O.C4H7F3N/c1-17(2,18(20,21)22)25(3)16(26)15-7-6-12(10-24-15)4-5-13-8-14(19)11-23-9-13;1-3(2,8)4(5,6)7/h6-11H,1-3H3;8H,1-2H3/q;-1. The van der Waals surface area contributed by atoms with Crippen molar-refractivity contribution in [2.24, 2.45) is 0 Å². The van der Waals surface area contributed by atoms with Crippen molar-refractivity contribution in [2.45, 2.75) is 51.1 Å². The van der Waals surface area contributed by atoms with E-state index in [2.05, 4.69) is 21.8 Å². The molecule has 5 nitrogen and oxygen atoms in total. The first-order chi connectivity index (χ1) is 15.3. The molecule has 34 heavy (non-hydrogen) atoms. The van der Waals surface area contributed by atoms with Crippen molar-refractivity contribution in [2.75, 3.05) is 7.05 Å². The van der Waals surface area contributed by atoms with Gasteiger partial charge in [-0.15, -0.1) is 0 Å². The van der Waals surface area contributed by atoms with E-state index in [0.29, 0.717) is 21.0 Å². The molecule has 2 heterocycles. The van der Waals surface area contributed by atoms with Crippen molar-refractivity contribution in [1.29, 1.82) is 0 Å². The minimum atomic E-state index is -4.56. The second-order valence-corrected chi connectivity index (χ2v) is 8.55. The Hall–Kier alpha value is -2.84. The van der Waals surface area contributed by atoms with Gasteiger partial charge in [-0.2, -0.15) is 26.3 Å². The minimum Gasteiger partial charge on any atom is -0.665 e. The van der Waals surface area contributed by atoms with Crippen LogP contribution in [0.4, 0.5) is 26.3 Å². The quantitative estimate of drug-likeness (QED) is 0.353. The van der Waals surface area contributed by atoms with Crippen LogP contribution < -0.4 is 0 Å². The fraction of sp³-hybridized carbons (Fsp3) is 0.409. The highest BCUT2D eigenvalue weighted by Gasteiger charge is 2.52. The Morgan fingerprint density at radius 1 is 0.941 bits per heavy atom. The molecule has 186 valence electrons. The van der Waals surface area contributed by atoms with Crippen LogP contribution in [0.2, 0.25) is 5.02 Å². The molecular weight excluding hydrogens is 486 g/mol. The number of aromatic nitrogens is 2. The number of hydrogen-bond donors (Lipinski definition) is 0. The van der Waals surface area contributed by atoms with Crippen LogP contribution >= 0.6 is 11.6 Å². The van der Waals surface area contributed by atoms with E-state index in [0.717, 1.165) is 34.7 Å². The first-order valence-electron chi connectivity index (χ1n) is 9.52. The molecule has 0 aliphatic carbocycles. The van der Waals surface area contributed by atoms with Crippen LogP contribution in [-0.4, -0.2) is 51.3 Å². The van der Waals surface area contributed by atoms with Crippen LogP contribution in [0.1, 0.15) is 49.3 Å². The summed E-state index contributed by atoms with van der Waals surface area (Å²) < 4.78 is 73.3. The first kappa shape index (κ1) is 29.2. The zero-order chi connectivity index (χ0) is 26.5. The zero-order valence-corrected chi connectivity index (χ0v) is 19.6. The fourth-order valence-electron chi connectivity index (χ4n) is 1.83. The summed E-state index contributed by atoms with van der Waals surface area (Å²) in [7, 11) is 1.09. The topological polar surface area (TPSA) is 69.9 Å². The smallest absolute Gasteiger partial charge is 0.411 e. The summed E-state index contributed by atoms with van der Waals surface area (Å²) >= 11 is 5.82. The Morgan fingerprint density at radius 2 is 1.47 bits per heavy atom. The number of rotatable bonds is 2. The minimum absolute atomic E-state index is 0.0974. The second kappa shape index (κ2) is 10.6. The second-order valence-electron chi connectivity index (χ2n) is 8.12. The fourth-order valence-corrected chi connectivity index (χ4v) is 2.01. The van der Waals surface area contributed by atoms with Crippen LogP contribution in [0.15, 0.2) is 36.8 Å². The van der Waals surface area contributed by atoms with Gasteiger partial charge in [-0.25, -0.2) is 4.98 Å². The van der Waals surface area contributed by atoms with Crippen LogP contribution in [0.3, 0.4) is 0 Å². The van der Waals surface area contributed by atoms with Gasteiger partial charge in [-0.3, -0.25) is 9.78 Å². The maximum Gasteiger partial charge on any atom is 0.411 e. The molecule has 0 spiro atoms. The number of alkyl halides is 6. The van der Waals surface area contributed by atoms with Gasteiger partial charge in [-0.1, -0.05) is 37.3 Å². The zero-order valence-electron chi connectivity index (χ0n) is 18.9. The predicted octanol–water partition coefficient (Wildman–Crippen LogP) is 6.32. The molecule has 0 saturated carbocycles. The third-order valence-electron chi connectivity index (χ3n) is 4.58. The summed E-state index contributed by atoms with van der Waals surface area (Å²) in [6.45, 7) is 3.49. The highest BCUT2D eigenvalue weighted by Crippen LogP contribution is 2.34. The van der Waals surface area contributed by atoms with Crippen molar-refractivity contribution in [3.05, 3.63) is 64.4 Å². The molecule has 0 aliphatic heterocycles. The predicted molar refractivity (Wildman–Crippen MR) is 116 cm³/mol. The Labute approximate surface area is 198 Å². The molecule has 2 aromatic rings. The van der Waals surface area contributed by atoms with E-state index in [-0.39, 0.29) is 5.69 Å². The molecule has 2 rings (SSSR count). The van der Waals surface area contributed by atoms with Gasteiger partial charge in [0.15, 0.2) is 0 Å². The number of carbonyl (C=O) groups excluding carboxylic acids is 1. The molecule has 0 unspecified atom stereocenters. The third kappa shape index (κ3) is 7.88. The summed E-state index contributed by atoms with van der Waals surface area (Å²) in [5.41, 5.74) is 2.83. The van der Waals surface area contributed by atoms with Gasteiger partial charge in [0.1, 0.15) is 11.2 Å². The maximum absolute atomic E-state index is 13.1. The average Bonchev–Trinajstić information content (AvgIpc) is 2.70. The molecule has 0 bridgehead atoms. The number of nitrogens with one attached hydrogen (secondary N) is 1. The number of nitrogens with zero attached hydrogens (tertiary/aromatic N) is 3. The van der Waals surface area contributed by atoms with Gasteiger partial charge in [-0.05, 0) is 37.6 Å². The molecule has 0 atom stereocenters. The number of halogens is 7. The lowest BCUT2D eigenvalue weighted by molar-refractivity contribution is -0.208. The maximum atomic E-state index is 13.1. The van der Waals surface area contributed by atoms with Crippen LogP contribution in [-0.2, 0) is 0 Å². The number of carbonyl (C=O) groups is 1. The van der Waals surface area contributed by atoms with Crippen molar-refractivity contribution >= 4 is 17.5 Å². The average molecular weight is 508 g/mol. The van der Waals surface area contributed by atoms with E-state index >= 15 is 0 Å². The monoisotopic (exact) mass is 507 g/mol. The van der Waals surface area contributed by atoms with E-state index in [1.165, 1.54) is 24.5 Å². The van der Waals surface area contributed by atoms with E-state index < -0.39 is 29.3 Å². The first-order valence-corrected chi connectivity index (χ1v) is 9.90. The van der Waals surface area contributed by atoms with Crippen molar-refractivity contribution in [3.63, 3.8) is 0 Å². The summed E-state index contributed by atoms with van der Waals surface area (Å²) in [6.07, 6.45) is -4.61. The SMILES string of the molecule is CC(C)([NH-])C(F)(F)F.CN(C(=O)c1ccc(C#Cc2cncc(Cl)c2)cn1)C(C)(C)C(F)(F)F. The molecule has 0 radical (unpaired) electrons. The largest absolute Gasteiger partial charge is 0.665 e. The molecule has 0 aliphatic rings. The Kier molecular flexibility index (Phi) is 9.11. The van der Waals surface area contributed by atoms with Gasteiger partial charge in [0.2, 0.25) is 0 Å². The Morgan fingerprint density at radius 3 is 1.88 bits per heavy atom. The number of pyridine rings is 2. The molecule has 0 fully saturated rings. The highest BCUT2D eigenvalue weighted by molar-refractivity contribution is 6.30. The van der Waals surface area contributed by atoms with Crippen molar-refractivity contribution < 1.29 is 31.1 Å². The molecule has 2 aromatic heterocycles. The Bertz CT molecular complexity index is 1040. The van der Waals surface area contributed by atoms with E-state index in [1.54, 1.807) is 12.3 Å². The molecule has 1 amide bonds. The van der Waals surface area contributed by atoms with E-state index in [4.69, 9.17) is 17.3 Å². The highest BCUT2D eigenvalue weighted by atomic mass is 35.5. The lowest BCUT2D eigenvalue weighted by atomic mass is 10.0. The van der Waals surface area contributed by atoms with Crippen LogP contribution in [0.25, 0.3) is 5.73 Å². The molecule has 0 aromatic carbocycles. The summed E-state index contributed by atoms with van der Waals surface area (Å²) in [5, 5.41) is 0.450. The lowest BCUT2D eigenvalue weighted by Crippen LogP contribution is -2.55. The Balaban J connectivity index is 0.000000620. The van der Waals surface area contributed by atoms with Crippen LogP contribution in [0.5, 0.6) is 0 Å². The lowest BCUT2D eigenvalue weighted by Gasteiger charge is -2.36. The summed E-state index contributed by atoms with van der Waals surface area (Å²) in [6, 6.07) is 4.49. The van der Waals surface area contributed by atoms with Crippen molar-refractivity contribution in [3.8, 4) is 11.8 Å². The van der Waals surface area contributed by atoms with Gasteiger partial charge in [0.05, 0.1) is 5.02 Å². The van der Waals surface area contributed by atoms with Gasteiger partial charge in [0, 0.05) is 36.8 Å². The van der Waals surface area contributed by atoms with Gasteiger partial charge in [0.25, 0.3) is 5.91 Å². The molecule has 1 N–H and O–H groups in total. The van der Waals surface area contributed by atoms with Gasteiger partial charge < -0.3 is 10.6 Å². The normalized spacial score (nSPS) is 12.1. The number of amides is 1. The number of hydrogen-bond acceptors (Lipinski definition) is 3. The van der Waals surface area contributed by atoms with Crippen LogP contribution in [0, 0.1) is 11.8 Å². The van der Waals surface area contributed by atoms with E-state index in [1.807, 2.05) is 0 Å². The third-order valence-corrected chi connectivity index (χ3v) is 4.79. The molecule has 0 saturated heterocycles. The molecular formula is C22H22ClF6N4O-. The summed E-state index contributed by atoms with van der Waals surface area (Å²) in [4.78, 5) is 20.7. The molecule has 12 heteroatoms. The van der Waals surface area contributed by atoms with E-state index in [9.17, 15) is 31.1 Å². The van der Waals surface area contributed by atoms with Gasteiger partial charge >= 0.3 is 12.4 Å². The summed E-state index contributed by atoms with van der Waals surface area (Å²) in [5.74, 6) is 4.83.